The van der Waals surface area contributed by atoms with Crippen LogP contribution in [0, 0.1) is 18.8 Å². The molecule has 0 amide bonds. The zero-order valence-electron chi connectivity index (χ0n) is 22.0. The number of benzene rings is 1. The maximum Gasteiger partial charge on any atom is 0.503 e. The average molecular weight is 535 g/mol. The quantitative estimate of drug-likeness (QED) is 0.324. The highest BCUT2D eigenvalue weighted by Gasteiger charge is 2.26. The summed E-state index contributed by atoms with van der Waals surface area (Å²) in [7, 11) is 1.63. The number of nitrogens with zero attached hydrogens (tertiary/aromatic N) is 7. The average Bonchev–Trinajstić information content (AvgIpc) is 3.28. The van der Waals surface area contributed by atoms with E-state index in [4.69, 9.17) is 25.7 Å². The van der Waals surface area contributed by atoms with Crippen LogP contribution in [0.1, 0.15) is 31.3 Å². The molecular formula is C26H30N8O5. The van der Waals surface area contributed by atoms with Gasteiger partial charge in [0.25, 0.3) is 5.56 Å². The number of rotatable bonds is 4. The summed E-state index contributed by atoms with van der Waals surface area (Å²) in [5.41, 5.74) is 7.54. The molecule has 0 unspecified atom stereocenters. The summed E-state index contributed by atoms with van der Waals surface area (Å²) in [6, 6.07) is 7.71. The van der Waals surface area contributed by atoms with Gasteiger partial charge in [0.2, 0.25) is 5.95 Å². The molecule has 1 aliphatic rings. The molecule has 1 saturated heterocycles. The minimum Gasteiger partial charge on any atom is -0.450 e. The minimum absolute atomic E-state index is 0.0306. The maximum absolute atomic E-state index is 13.7. The molecule has 0 aliphatic carbocycles. The van der Waals surface area contributed by atoms with E-state index in [0.717, 1.165) is 36.0 Å². The summed E-state index contributed by atoms with van der Waals surface area (Å²) >= 11 is 0. The zero-order valence-corrected chi connectivity index (χ0v) is 22.0. The van der Waals surface area contributed by atoms with E-state index in [0.29, 0.717) is 29.5 Å². The molecule has 204 valence electrons. The zero-order chi connectivity index (χ0) is 28.3. The maximum atomic E-state index is 13.7. The lowest BCUT2D eigenvalue weighted by Crippen LogP contribution is -2.44. The molecule has 4 heterocycles. The predicted molar refractivity (Wildman–Crippen MR) is 146 cm³/mol. The second-order valence-corrected chi connectivity index (χ2v) is 9.20. The molecule has 0 spiro atoms. The van der Waals surface area contributed by atoms with E-state index in [1.807, 2.05) is 31.2 Å². The Labute approximate surface area is 223 Å². The summed E-state index contributed by atoms with van der Waals surface area (Å²) in [5, 5.41) is 14.9. The van der Waals surface area contributed by atoms with E-state index >= 15 is 0 Å². The molecule has 1 aliphatic heterocycles. The number of hydrogen-bond donors (Lipinski definition) is 3. The fourth-order valence-electron chi connectivity index (χ4n) is 4.75. The van der Waals surface area contributed by atoms with Crippen LogP contribution in [-0.2, 0) is 20.1 Å². The molecule has 4 N–H and O–H groups in total. The van der Waals surface area contributed by atoms with Gasteiger partial charge in [-0.1, -0.05) is 24.1 Å². The van der Waals surface area contributed by atoms with E-state index in [-0.39, 0.29) is 19.1 Å². The predicted octanol–water partition coefficient (Wildman–Crippen LogP) is 1.37. The smallest absolute Gasteiger partial charge is 0.450 e. The van der Waals surface area contributed by atoms with Gasteiger partial charge in [-0.2, -0.15) is 4.98 Å². The number of piperidine rings is 1. The number of para-hydroxylation sites is 1. The molecule has 0 bridgehead atoms. The molecule has 1 fully saturated rings. The van der Waals surface area contributed by atoms with Gasteiger partial charge in [0.15, 0.2) is 11.2 Å². The number of anilines is 1. The highest BCUT2D eigenvalue weighted by atomic mass is 16.6. The lowest BCUT2D eigenvalue weighted by molar-refractivity contribution is 0.137. The molecule has 0 radical (unpaired) electrons. The Balaban J connectivity index is 0.000000826. The monoisotopic (exact) mass is 534 g/mol. The third kappa shape index (κ3) is 5.60. The second kappa shape index (κ2) is 11.4. The number of imidazole rings is 1. The van der Waals surface area contributed by atoms with Crippen LogP contribution in [0.25, 0.3) is 22.1 Å². The highest BCUT2D eigenvalue weighted by molar-refractivity contribution is 5.80. The van der Waals surface area contributed by atoms with Crippen molar-refractivity contribution in [2.45, 2.75) is 45.8 Å². The molecule has 1 aromatic carbocycles. The largest absolute Gasteiger partial charge is 0.503 e. The van der Waals surface area contributed by atoms with Crippen LogP contribution < -0.4 is 21.9 Å². The van der Waals surface area contributed by atoms with Crippen LogP contribution in [0.4, 0.5) is 10.7 Å². The normalized spacial score (nSPS) is 15.0. The first-order valence-electron chi connectivity index (χ1n) is 12.4. The molecule has 3 aromatic heterocycles. The second-order valence-electron chi connectivity index (χ2n) is 9.20. The van der Waals surface area contributed by atoms with Crippen molar-refractivity contribution in [3.05, 3.63) is 56.6 Å². The Morgan fingerprint density at radius 2 is 1.87 bits per heavy atom. The summed E-state index contributed by atoms with van der Waals surface area (Å²) in [4.78, 5) is 51.5. The molecule has 13 heteroatoms. The van der Waals surface area contributed by atoms with Crippen molar-refractivity contribution in [3.8, 4) is 11.8 Å². The van der Waals surface area contributed by atoms with E-state index in [9.17, 15) is 9.59 Å². The van der Waals surface area contributed by atoms with Crippen molar-refractivity contribution in [1.29, 1.82) is 0 Å². The van der Waals surface area contributed by atoms with Gasteiger partial charge in [0.1, 0.15) is 5.82 Å². The molecule has 39 heavy (non-hydrogen) atoms. The van der Waals surface area contributed by atoms with Crippen LogP contribution in [-0.4, -0.2) is 64.2 Å². The topological polar surface area (TPSA) is 174 Å². The Morgan fingerprint density at radius 3 is 2.56 bits per heavy atom. The number of carbonyl (C=O) groups is 1. The first kappa shape index (κ1) is 27.3. The van der Waals surface area contributed by atoms with Crippen LogP contribution in [0.5, 0.6) is 0 Å². The third-order valence-electron chi connectivity index (χ3n) is 6.51. The first-order valence-corrected chi connectivity index (χ1v) is 12.4. The van der Waals surface area contributed by atoms with Crippen molar-refractivity contribution >= 4 is 34.2 Å². The Bertz CT molecular complexity index is 1720. The van der Waals surface area contributed by atoms with E-state index in [2.05, 4.69) is 26.7 Å². The van der Waals surface area contributed by atoms with Crippen LogP contribution in [0.15, 0.2) is 33.9 Å². The SMILES string of the molecule is CC#CCn1c(N2CCC[C@@H](N)C2)nc2c1c(=O)n(Cc1nc(C)c3ccccc3n1)c(=O)n2C.O=C(O)O. The third-order valence-corrected chi connectivity index (χ3v) is 6.51. The van der Waals surface area contributed by atoms with Gasteiger partial charge in [0.05, 0.1) is 18.6 Å². The Kier molecular flexibility index (Phi) is 7.96. The number of aromatic nitrogens is 6. The molecule has 5 rings (SSSR count). The van der Waals surface area contributed by atoms with Gasteiger partial charge in [-0.15, -0.1) is 5.92 Å². The molecular weight excluding hydrogens is 504 g/mol. The van der Waals surface area contributed by atoms with Crippen molar-refractivity contribution < 1.29 is 15.0 Å². The first-order chi connectivity index (χ1) is 18.6. The summed E-state index contributed by atoms with van der Waals surface area (Å²) < 4.78 is 4.39. The number of carboxylic acid groups (broad SMARTS) is 2. The van der Waals surface area contributed by atoms with E-state index < -0.39 is 17.4 Å². The minimum atomic E-state index is -1.83. The van der Waals surface area contributed by atoms with Crippen molar-refractivity contribution in [3.63, 3.8) is 0 Å². The van der Waals surface area contributed by atoms with Gasteiger partial charge in [-0.05, 0) is 32.8 Å². The van der Waals surface area contributed by atoms with Gasteiger partial charge in [-0.25, -0.2) is 19.6 Å². The fourth-order valence-corrected chi connectivity index (χ4v) is 4.75. The van der Waals surface area contributed by atoms with Crippen molar-refractivity contribution in [1.82, 2.24) is 28.7 Å². The van der Waals surface area contributed by atoms with Crippen molar-refractivity contribution in [2.24, 2.45) is 12.8 Å². The lowest BCUT2D eigenvalue weighted by Gasteiger charge is -2.31. The van der Waals surface area contributed by atoms with E-state index in [1.54, 1.807) is 18.5 Å². The van der Waals surface area contributed by atoms with Crippen LogP contribution in [0.3, 0.4) is 0 Å². The van der Waals surface area contributed by atoms with Crippen LogP contribution >= 0.6 is 0 Å². The number of fused-ring (bicyclic) bond motifs is 2. The molecule has 0 saturated carbocycles. The van der Waals surface area contributed by atoms with Gasteiger partial charge < -0.3 is 20.8 Å². The summed E-state index contributed by atoms with van der Waals surface area (Å²) in [6.07, 6.45) is 0.0492. The lowest BCUT2D eigenvalue weighted by atomic mass is 10.1. The highest BCUT2D eigenvalue weighted by Crippen LogP contribution is 2.23. The van der Waals surface area contributed by atoms with Crippen LogP contribution in [0.2, 0.25) is 0 Å². The standard InChI is InChI=1S/C25H28N8O2.CH2O3/c1-4-5-13-32-21-22(29-24(32)31-12-8-9-17(26)14-31)30(3)25(35)33(23(21)34)15-20-27-16(2)18-10-6-7-11-19(18)28-20;2-1(3)4/h6-7,10-11,17H,8-9,12-15,26H2,1-3H3;(H2,2,3,4)/t17-;/m1./s1. The number of hydrogen-bond acceptors (Lipinski definition) is 8. The number of aryl methyl sites for hydroxylation is 2. The van der Waals surface area contributed by atoms with Crippen molar-refractivity contribution in [2.75, 3.05) is 18.0 Å². The van der Waals surface area contributed by atoms with E-state index in [1.165, 1.54) is 9.13 Å². The molecule has 4 aromatic rings. The Morgan fingerprint density at radius 1 is 1.15 bits per heavy atom. The van der Waals surface area contributed by atoms with Gasteiger partial charge in [-0.3, -0.25) is 18.5 Å². The molecule has 13 nitrogen and oxygen atoms in total. The molecule has 1 atom stereocenters. The summed E-state index contributed by atoms with van der Waals surface area (Å²) in [5.74, 6) is 6.96. The van der Waals surface area contributed by atoms with Gasteiger partial charge in [0, 0.05) is 37.3 Å². The Hall–Kier alpha value is -4.70. The fraction of sp³-hybridized carbons (Fsp3) is 0.385. The summed E-state index contributed by atoms with van der Waals surface area (Å²) in [6.45, 7) is 5.31. The number of nitrogens with two attached hydrogens (primary N) is 1. The van der Waals surface area contributed by atoms with Gasteiger partial charge >= 0.3 is 11.8 Å².